The van der Waals surface area contributed by atoms with Crippen LogP contribution >= 0.6 is 0 Å². The van der Waals surface area contributed by atoms with Crippen LogP contribution in [0.15, 0.2) is 18.2 Å². The van der Waals surface area contributed by atoms with Gasteiger partial charge in [0.05, 0.1) is 9.85 Å². The van der Waals surface area contributed by atoms with E-state index in [-0.39, 0.29) is 0 Å². The Balaban J connectivity index is 2.19. The zero-order valence-corrected chi connectivity index (χ0v) is 12.0. The first-order chi connectivity index (χ1) is 9.86. The van der Waals surface area contributed by atoms with Gasteiger partial charge in [0.2, 0.25) is 0 Å². The molecule has 1 saturated heterocycles. The van der Waals surface area contributed by atoms with Crippen LogP contribution in [0.2, 0.25) is 0 Å². The summed E-state index contributed by atoms with van der Waals surface area (Å²) in [6.07, 6.45) is 0. The largest absolute Gasteiger partial charge is 0.346 e. The smallest absolute Gasteiger partial charge is 0.309 e. The van der Waals surface area contributed by atoms with Crippen molar-refractivity contribution in [2.24, 2.45) is 0 Å². The summed E-state index contributed by atoms with van der Waals surface area (Å²) >= 11 is 0. The van der Waals surface area contributed by atoms with E-state index in [0.717, 1.165) is 13.1 Å². The summed E-state index contributed by atoms with van der Waals surface area (Å²) in [5, 5.41) is 25.2. The van der Waals surface area contributed by atoms with Crippen molar-refractivity contribution in [1.82, 2.24) is 10.2 Å². The molecular formula is C13H18N4O4. The van der Waals surface area contributed by atoms with Crippen LogP contribution in [0.25, 0.3) is 0 Å². The van der Waals surface area contributed by atoms with Gasteiger partial charge >= 0.3 is 11.4 Å². The van der Waals surface area contributed by atoms with E-state index in [1.807, 2.05) is 0 Å². The average molecular weight is 294 g/mol. The summed E-state index contributed by atoms with van der Waals surface area (Å²) in [5.41, 5.74) is -0.201. The molecule has 8 nitrogen and oxygen atoms in total. The van der Waals surface area contributed by atoms with Gasteiger partial charge in [0.1, 0.15) is 0 Å². The van der Waals surface area contributed by atoms with Gasteiger partial charge in [0.25, 0.3) is 0 Å². The highest BCUT2D eigenvalue weighted by Gasteiger charge is 2.26. The van der Waals surface area contributed by atoms with Gasteiger partial charge in [-0.25, -0.2) is 0 Å². The van der Waals surface area contributed by atoms with Crippen LogP contribution in [-0.4, -0.2) is 39.9 Å². The molecule has 0 spiro atoms. The van der Waals surface area contributed by atoms with Crippen molar-refractivity contribution in [3.63, 3.8) is 0 Å². The molecule has 1 fully saturated rings. The van der Waals surface area contributed by atoms with Gasteiger partial charge < -0.3 is 5.32 Å². The highest BCUT2D eigenvalue weighted by atomic mass is 16.6. The number of nitrogens with zero attached hydrogens (tertiary/aromatic N) is 3. The first kappa shape index (κ1) is 15.3. The van der Waals surface area contributed by atoms with Gasteiger partial charge in [-0.1, -0.05) is 6.07 Å². The summed E-state index contributed by atoms with van der Waals surface area (Å²) < 4.78 is 0. The van der Waals surface area contributed by atoms with Gasteiger partial charge in [-0.15, -0.1) is 0 Å². The topological polar surface area (TPSA) is 102 Å². The Morgan fingerprint density at radius 3 is 2.24 bits per heavy atom. The molecule has 114 valence electrons. The van der Waals surface area contributed by atoms with Crippen LogP contribution < -0.4 is 5.32 Å². The summed E-state index contributed by atoms with van der Waals surface area (Å²) in [6, 6.07) is 4.80. The number of piperazine rings is 1. The maximum absolute atomic E-state index is 11.0. The lowest BCUT2D eigenvalue weighted by Crippen LogP contribution is -2.53. The minimum Gasteiger partial charge on any atom is -0.309 e. The lowest BCUT2D eigenvalue weighted by molar-refractivity contribution is -0.422. The molecule has 21 heavy (non-hydrogen) atoms. The minimum absolute atomic E-state index is 0.349. The van der Waals surface area contributed by atoms with E-state index in [4.69, 9.17) is 0 Å². The van der Waals surface area contributed by atoms with Crippen molar-refractivity contribution in [3.05, 3.63) is 44.0 Å². The molecule has 8 heteroatoms. The molecule has 1 aromatic carbocycles. The van der Waals surface area contributed by atoms with Crippen LogP contribution in [0.1, 0.15) is 19.4 Å². The number of nitrogens with one attached hydrogen (secondary N) is 1. The van der Waals surface area contributed by atoms with Crippen molar-refractivity contribution in [2.75, 3.05) is 13.1 Å². The Bertz CT molecular complexity index is 553. The predicted molar refractivity (Wildman–Crippen MR) is 77.1 cm³/mol. The second-order valence-electron chi connectivity index (χ2n) is 5.50. The van der Waals surface area contributed by atoms with Crippen LogP contribution in [0, 0.1) is 20.2 Å². The van der Waals surface area contributed by atoms with E-state index in [1.54, 1.807) is 6.07 Å². The Morgan fingerprint density at radius 1 is 1.14 bits per heavy atom. The first-order valence-corrected chi connectivity index (χ1v) is 6.77. The molecule has 0 radical (unpaired) electrons. The summed E-state index contributed by atoms with van der Waals surface area (Å²) in [6.45, 7) is 6.40. The minimum atomic E-state index is -0.725. The van der Waals surface area contributed by atoms with Crippen LogP contribution in [0.5, 0.6) is 0 Å². The van der Waals surface area contributed by atoms with Crippen LogP contribution in [0.3, 0.4) is 0 Å². The Hall–Kier alpha value is -2.06. The van der Waals surface area contributed by atoms with Gasteiger partial charge in [0.15, 0.2) is 0 Å². The van der Waals surface area contributed by atoms with E-state index in [0.29, 0.717) is 24.2 Å². The van der Waals surface area contributed by atoms with Crippen LogP contribution in [-0.2, 0) is 6.54 Å². The van der Waals surface area contributed by atoms with Crippen molar-refractivity contribution >= 4 is 11.4 Å². The molecule has 0 bridgehead atoms. The Labute approximate surface area is 122 Å². The Kier molecular flexibility index (Phi) is 4.49. The second-order valence-corrected chi connectivity index (χ2v) is 5.50. The molecule has 2 rings (SSSR count). The number of nitro benzene ring substituents is 2. The molecule has 1 aliphatic heterocycles. The molecule has 1 aliphatic rings. The second kappa shape index (κ2) is 6.15. The fraction of sp³-hybridized carbons (Fsp3) is 0.538. The Morgan fingerprint density at radius 2 is 1.71 bits per heavy atom. The summed E-state index contributed by atoms with van der Waals surface area (Å²) in [4.78, 5) is 22.5. The van der Waals surface area contributed by atoms with Crippen molar-refractivity contribution < 1.29 is 9.85 Å². The maximum Gasteiger partial charge on any atom is 0.346 e. The monoisotopic (exact) mass is 294 g/mol. The maximum atomic E-state index is 11.0. The fourth-order valence-corrected chi connectivity index (χ4v) is 2.80. The summed E-state index contributed by atoms with van der Waals surface area (Å²) in [7, 11) is 0. The zero-order valence-electron chi connectivity index (χ0n) is 12.0. The SMILES string of the molecule is C[C@@H]1CN(Cc2ccc([N+](=O)[O-])c([N+](=O)[O-])c2)C[C@H](C)N1. The molecule has 1 heterocycles. The van der Waals surface area contributed by atoms with E-state index >= 15 is 0 Å². The highest BCUT2D eigenvalue weighted by molar-refractivity contribution is 5.54. The van der Waals surface area contributed by atoms with E-state index in [2.05, 4.69) is 24.1 Å². The van der Waals surface area contributed by atoms with Gasteiger partial charge in [0, 0.05) is 43.9 Å². The fourth-order valence-electron chi connectivity index (χ4n) is 2.80. The third kappa shape index (κ3) is 3.73. The van der Waals surface area contributed by atoms with Crippen molar-refractivity contribution in [2.45, 2.75) is 32.5 Å². The number of nitro groups is 2. The third-order valence-corrected chi connectivity index (χ3v) is 3.47. The molecule has 0 aromatic heterocycles. The molecule has 0 amide bonds. The normalized spacial score (nSPS) is 23.0. The average Bonchev–Trinajstić information content (AvgIpc) is 2.36. The molecule has 1 N–H and O–H groups in total. The van der Waals surface area contributed by atoms with Gasteiger partial charge in [-0.3, -0.25) is 25.1 Å². The zero-order chi connectivity index (χ0) is 15.6. The molecule has 1 aromatic rings. The standard InChI is InChI=1S/C13H18N4O4/c1-9-6-15(7-10(2)14-9)8-11-3-4-12(16(18)19)13(5-11)17(20)21/h3-5,9-10,14H,6-8H2,1-2H3/t9-,10+. The van der Waals surface area contributed by atoms with Crippen LogP contribution in [0.4, 0.5) is 11.4 Å². The molecule has 0 aliphatic carbocycles. The van der Waals surface area contributed by atoms with Crippen molar-refractivity contribution in [1.29, 1.82) is 0 Å². The van der Waals surface area contributed by atoms with Crippen molar-refractivity contribution in [3.8, 4) is 0 Å². The third-order valence-electron chi connectivity index (χ3n) is 3.47. The quantitative estimate of drug-likeness (QED) is 0.669. The van der Waals surface area contributed by atoms with Gasteiger partial charge in [-0.05, 0) is 19.4 Å². The van der Waals surface area contributed by atoms with E-state index in [9.17, 15) is 20.2 Å². The van der Waals surface area contributed by atoms with E-state index in [1.165, 1.54) is 12.1 Å². The van der Waals surface area contributed by atoms with Gasteiger partial charge in [-0.2, -0.15) is 0 Å². The lowest BCUT2D eigenvalue weighted by atomic mass is 10.1. The van der Waals surface area contributed by atoms with E-state index < -0.39 is 21.2 Å². The number of hydrogen-bond acceptors (Lipinski definition) is 6. The molecule has 2 atom stereocenters. The number of rotatable bonds is 4. The molecule has 0 saturated carbocycles. The summed E-state index contributed by atoms with van der Waals surface area (Å²) in [5.74, 6) is 0. The number of benzene rings is 1. The lowest BCUT2D eigenvalue weighted by Gasteiger charge is -2.36. The first-order valence-electron chi connectivity index (χ1n) is 6.77. The molecular weight excluding hydrogens is 276 g/mol. The number of hydrogen-bond donors (Lipinski definition) is 1. The predicted octanol–water partition coefficient (Wildman–Crippen LogP) is 1.69. The molecule has 0 unspecified atom stereocenters. The highest BCUT2D eigenvalue weighted by Crippen LogP contribution is 2.28.